The number of aliphatic hydroxyl groups is 1. The van der Waals surface area contributed by atoms with Crippen molar-refractivity contribution in [2.75, 3.05) is 13.2 Å². The van der Waals surface area contributed by atoms with E-state index >= 15 is 0 Å². The Kier molecular flexibility index (Phi) is 18.0. The fourth-order valence-electron chi connectivity index (χ4n) is 8.59. The highest BCUT2D eigenvalue weighted by Gasteiger charge is 2.58. The molecule has 0 spiro atoms. The fourth-order valence-corrected chi connectivity index (χ4v) is 8.59. The maximum Gasteiger partial charge on any atom is 0.338 e. The van der Waals surface area contributed by atoms with Crippen molar-refractivity contribution in [3.8, 4) is 0 Å². The van der Waals surface area contributed by atoms with Crippen LogP contribution in [0.1, 0.15) is 72.5 Å². The second-order valence-corrected chi connectivity index (χ2v) is 17.8. The summed E-state index contributed by atoms with van der Waals surface area (Å²) in [5, 5.41) is 11.9. The van der Waals surface area contributed by atoms with Crippen LogP contribution in [0.2, 0.25) is 0 Å². The molecule has 1 N–H and O–H groups in total. The van der Waals surface area contributed by atoms with Crippen LogP contribution in [0.25, 0.3) is 0 Å². The molecule has 0 bridgehead atoms. The van der Waals surface area contributed by atoms with E-state index in [1.165, 1.54) is 84.9 Å². The molecule has 7 aromatic carbocycles. The summed E-state index contributed by atoms with van der Waals surface area (Å²) >= 11 is 0. The Bertz CT molecular complexity index is 3170. The molecule has 18 nitrogen and oxygen atoms in total. The van der Waals surface area contributed by atoms with Crippen LogP contribution in [0.3, 0.4) is 0 Å². The van der Waals surface area contributed by atoms with Gasteiger partial charge in [0.25, 0.3) is 0 Å². The highest BCUT2D eigenvalue weighted by Crippen LogP contribution is 2.36. The van der Waals surface area contributed by atoms with E-state index in [1.54, 1.807) is 127 Å². The smallest absolute Gasteiger partial charge is 0.338 e. The van der Waals surface area contributed by atoms with E-state index in [-0.39, 0.29) is 38.9 Å². The van der Waals surface area contributed by atoms with Gasteiger partial charge in [-0.3, -0.25) is 0 Å². The Morgan fingerprint density at radius 2 is 0.557 bits per heavy atom. The van der Waals surface area contributed by atoms with Gasteiger partial charge in [-0.2, -0.15) is 0 Å². The number of esters is 7. The summed E-state index contributed by atoms with van der Waals surface area (Å²) < 4.78 is 62.0. The van der Waals surface area contributed by atoms with Gasteiger partial charge in [-0.1, -0.05) is 127 Å². The van der Waals surface area contributed by atoms with E-state index in [0.717, 1.165) is 0 Å². The number of carbonyl (C=O) groups excluding carboxylic acids is 7. The van der Waals surface area contributed by atoms with Gasteiger partial charge in [0.15, 0.2) is 43.1 Å². The molecule has 7 aromatic rings. The Hall–Kier alpha value is -9.33. The van der Waals surface area contributed by atoms with Gasteiger partial charge in [0, 0.05) is 0 Å². The van der Waals surface area contributed by atoms with Gasteiger partial charge >= 0.3 is 41.8 Å². The molecule has 0 aromatic heterocycles. The van der Waals surface area contributed by atoms with Crippen LogP contribution in [0.4, 0.5) is 0 Å². The Labute approximate surface area is 452 Å². The quantitative estimate of drug-likeness (QED) is 0.0642. The van der Waals surface area contributed by atoms with E-state index in [2.05, 4.69) is 0 Å². The molecule has 2 saturated heterocycles. The minimum absolute atomic E-state index is 0.00210. The zero-order valence-corrected chi connectivity index (χ0v) is 41.8. The molecular weight excluding hydrogens is 1020 g/mol. The Morgan fingerprint density at radius 3 is 0.886 bits per heavy atom. The van der Waals surface area contributed by atoms with Crippen LogP contribution < -0.4 is 0 Å². The van der Waals surface area contributed by atoms with Crippen molar-refractivity contribution in [3.63, 3.8) is 0 Å². The normalized spacial score (nSPS) is 22.4. The summed E-state index contributed by atoms with van der Waals surface area (Å²) in [7, 11) is 0. The lowest BCUT2D eigenvalue weighted by atomic mass is 9.95. The average molecular weight is 1070 g/mol. The molecule has 9 rings (SSSR count). The third-order valence-electron chi connectivity index (χ3n) is 12.5. The molecule has 402 valence electrons. The van der Waals surface area contributed by atoms with Gasteiger partial charge < -0.3 is 52.5 Å². The molecule has 2 aliphatic heterocycles. The first-order valence-electron chi connectivity index (χ1n) is 24.9. The van der Waals surface area contributed by atoms with Gasteiger partial charge in [-0.15, -0.1) is 0 Å². The number of ether oxygens (including phenoxy) is 10. The molecule has 2 aliphatic rings. The third-order valence-corrected chi connectivity index (χ3v) is 12.5. The second kappa shape index (κ2) is 26.1. The van der Waals surface area contributed by atoms with Crippen molar-refractivity contribution in [3.05, 3.63) is 251 Å². The first-order chi connectivity index (χ1) is 38.5. The van der Waals surface area contributed by atoms with Gasteiger partial charge in [0.1, 0.15) is 31.5 Å². The SMILES string of the molecule is O=C(OC[C@H]1O[C@H](O[C@H]2[C@H](OC(=O)c3ccccc3)[C@H](OC(=O)c3ccccc3)[C@@H](O)O[C@@H]2COC(=O)c2ccccc2)[C@H](OC(=O)c2ccccc2)[C@@H](OC(=O)c2ccccc2)[C@@H]1OC(=O)c1ccccc1)c1ccccc1. The molecule has 2 heterocycles. The van der Waals surface area contributed by atoms with Crippen LogP contribution in [0, 0.1) is 0 Å². The second-order valence-electron chi connectivity index (χ2n) is 17.8. The zero-order valence-electron chi connectivity index (χ0n) is 41.8. The molecule has 0 aliphatic carbocycles. The molecule has 79 heavy (non-hydrogen) atoms. The summed E-state index contributed by atoms with van der Waals surface area (Å²) in [6, 6.07) is 54.1. The number of rotatable bonds is 18. The lowest BCUT2D eigenvalue weighted by Crippen LogP contribution is -2.67. The molecule has 10 atom stereocenters. The summed E-state index contributed by atoms with van der Waals surface area (Å²) in [5.74, 6) is -6.72. The van der Waals surface area contributed by atoms with Crippen molar-refractivity contribution >= 4 is 41.8 Å². The van der Waals surface area contributed by atoms with Crippen LogP contribution in [0.5, 0.6) is 0 Å². The van der Waals surface area contributed by atoms with E-state index < -0.39 is 116 Å². The minimum Gasteiger partial charge on any atom is -0.459 e. The predicted octanol–water partition coefficient (Wildman–Crippen LogP) is 7.66. The summed E-state index contributed by atoms with van der Waals surface area (Å²) in [6.07, 6.45) is -19.0. The predicted molar refractivity (Wildman–Crippen MR) is 276 cm³/mol. The first kappa shape index (κ1) is 54.5. The topological polar surface area (TPSA) is 232 Å². The lowest BCUT2D eigenvalue weighted by Gasteiger charge is -2.48. The Balaban J connectivity index is 1.18. The third kappa shape index (κ3) is 13.8. The number of carbonyl (C=O) groups is 7. The van der Waals surface area contributed by atoms with Crippen molar-refractivity contribution in [2.45, 2.75) is 61.4 Å². The number of hydrogen-bond donors (Lipinski definition) is 1. The minimum atomic E-state index is -2.12. The highest BCUT2D eigenvalue weighted by atomic mass is 16.8. The highest BCUT2D eigenvalue weighted by molar-refractivity contribution is 5.93. The van der Waals surface area contributed by atoms with Crippen LogP contribution in [0.15, 0.2) is 212 Å². The Morgan fingerprint density at radius 1 is 0.304 bits per heavy atom. The first-order valence-corrected chi connectivity index (χ1v) is 24.9. The summed E-state index contributed by atoms with van der Waals surface area (Å²) in [5.41, 5.74) is 0.298. The van der Waals surface area contributed by atoms with Crippen molar-refractivity contribution in [2.24, 2.45) is 0 Å². The maximum absolute atomic E-state index is 14.5. The average Bonchev–Trinajstić information content (AvgIpc) is 3.60. The van der Waals surface area contributed by atoms with E-state index in [0.29, 0.717) is 0 Å². The van der Waals surface area contributed by atoms with Crippen LogP contribution >= 0.6 is 0 Å². The summed E-state index contributed by atoms with van der Waals surface area (Å²) in [6.45, 7) is -1.50. The number of benzene rings is 7. The number of hydrogen-bond acceptors (Lipinski definition) is 18. The molecule has 0 radical (unpaired) electrons. The maximum atomic E-state index is 14.5. The van der Waals surface area contributed by atoms with Gasteiger partial charge in [-0.05, 0) is 84.9 Å². The van der Waals surface area contributed by atoms with Crippen molar-refractivity contribution < 1.29 is 86.0 Å². The van der Waals surface area contributed by atoms with E-state index in [1.807, 2.05) is 0 Å². The largest absolute Gasteiger partial charge is 0.459 e. The lowest BCUT2D eigenvalue weighted by molar-refractivity contribution is -0.352. The molecule has 0 amide bonds. The molecular formula is C61H50O18. The monoisotopic (exact) mass is 1070 g/mol. The van der Waals surface area contributed by atoms with Gasteiger partial charge in [0.2, 0.25) is 0 Å². The van der Waals surface area contributed by atoms with Crippen molar-refractivity contribution in [1.29, 1.82) is 0 Å². The van der Waals surface area contributed by atoms with Crippen molar-refractivity contribution in [1.82, 2.24) is 0 Å². The van der Waals surface area contributed by atoms with Crippen LogP contribution in [-0.4, -0.2) is 122 Å². The van der Waals surface area contributed by atoms with Gasteiger partial charge in [0.05, 0.1) is 38.9 Å². The molecule has 18 heteroatoms. The molecule has 2 fully saturated rings. The molecule has 0 saturated carbocycles. The van der Waals surface area contributed by atoms with Gasteiger partial charge in [-0.25, -0.2) is 33.6 Å². The van der Waals surface area contributed by atoms with E-state index in [9.17, 15) is 38.7 Å². The summed E-state index contributed by atoms with van der Waals surface area (Å²) in [4.78, 5) is 98.6. The fraction of sp³-hybridized carbons (Fsp3) is 0.197. The van der Waals surface area contributed by atoms with E-state index in [4.69, 9.17) is 47.4 Å². The zero-order chi connectivity index (χ0) is 55.1. The molecule has 0 unspecified atom stereocenters. The number of aliphatic hydroxyl groups excluding tert-OH is 1. The standard InChI is InChI=1S/C61H50O18/c62-53(38-22-8-1-9-23-38)70-36-45-48(49(75-56(65)41-28-14-4-15-29-41)51(60(69)72-45)77-58(67)43-32-18-6-19-33-43)79-61-52(78-59(68)44-34-20-7-21-35-44)50(76-57(66)42-30-16-5-17-31-42)47(74-55(64)40-26-12-3-13-27-40)46(73-61)37-71-54(63)39-24-10-2-11-25-39/h1-35,45-52,60-61,69H,36-37H2/t45-,46-,47-,48-,49+,50+,51+,52-,60+,61-/m1/s1. The van der Waals surface area contributed by atoms with Crippen LogP contribution in [-0.2, 0) is 47.4 Å².